The molecule has 0 unspecified atom stereocenters. The van der Waals surface area contributed by atoms with Gasteiger partial charge in [-0.3, -0.25) is 14.0 Å². The molecule has 1 N–H and O–H groups in total. The van der Waals surface area contributed by atoms with Crippen molar-refractivity contribution in [2.45, 2.75) is 0 Å². The SMILES string of the molecule is O=C(Nc1cccc(Cl)c1Cl)c1cnc2sccn2c1=O. The van der Waals surface area contributed by atoms with Crippen molar-refractivity contribution in [2.75, 3.05) is 5.32 Å². The maximum absolute atomic E-state index is 12.2. The average molecular weight is 340 g/mol. The topological polar surface area (TPSA) is 63.5 Å². The summed E-state index contributed by atoms with van der Waals surface area (Å²) in [6.45, 7) is 0. The van der Waals surface area contributed by atoms with Gasteiger partial charge in [0.15, 0.2) is 4.96 Å². The summed E-state index contributed by atoms with van der Waals surface area (Å²) < 4.78 is 1.32. The van der Waals surface area contributed by atoms with Crippen LogP contribution in [0.5, 0.6) is 0 Å². The molecule has 0 radical (unpaired) electrons. The molecule has 0 atom stereocenters. The molecule has 3 rings (SSSR count). The van der Waals surface area contributed by atoms with Gasteiger partial charge >= 0.3 is 0 Å². The number of hydrogen-bond donors (Lipinski definition) is 1. The smallest absolute Gasteiger partial charge is 0.271 e. The van der Waals surface area contributed by atoms with Crippen LogP contribution in [0.4, 0.5) is 5.69 Å². The van der Waals surface area contributed by atoms with Crippen LogP contribution in [-0.4, -0.2) is 15.3 Å². The molecule has 8 heteroatoms. The van der Waals surface area contributed by atoms with Gasteiger partial charge in [-0.2, -0.15) is 0 Å². The highest BCUT2D eigenvalue weighted by atomic mass is 35.5. The lowest BCUT2D eigenvalue weighted by molar-refractivity contribution is 0.102. The molecule has 1 aromatic carbocycles. The van der Waals surface area contributed by atoms with Crippen LogP contribution in [0.1, 0.15) is 10.4 Å². The molecule has 0 fully saturated rings. The Labute approximate surface area is 132 Å². The number of aromatic nitrogens is 2. The molecule has 106 valence electrons. The Kier molecular flexibility index (Phi) is 3.67. The highest BCUT2D eigenvalue weighted by molar-refractivity contribution is 7.15. The van der Waals surface area contributed by atoms with Crippen LogP contribution in [0.3, 0.4) is 0 Å². The van der Waals surface area contributed by atoms with Crippen molar-refractivity contribution in [3.05, 3.63) is 61.9 Å². The lowest BCUT2D eigenvalue weighted by Crippen LogP contribution is -2.25. The normalized spacial score (nSPS) is 10.8. The highest BCUT2D eigenvalue weighted by Gasteiger charge is 2.15. The zero-order valence-electron chi connectivity index (χ0n) is 10.3. The summed E-state index contributed by atoms with van der Waals surface area (Å²) >= 11 is 13.2. The van der Waals surface area contributed by atoms with Crippen molar-refractivity contribution in [3.8, 4) is 0 Å². The molecule has 0 spiro atoms. The van der Waals surface area contributed by atoms with Gasteiger partial charge < -0.3 is 5.32 Å². The molecule has 1 amide bonds. The Morgan fingerprint density at radius 1 is 1.33 bits per heavy atom. The van der Waals surface area contributed by atoms with Gasteiger partial charge in [-0.05, 0) is 12.1 Å². The molecule has 0 aliphatic rings. The predicted octanol–water partition coefficient (Wildman–Crippen LogP) is 3.32. The van der Waals surface area contributed by atoms with Crippen molar-refractivity contribution in [1.29, 1.82) is 0 Å². The third-order valence-electron chi connectivity index (χ3n) is 2.79. The molecule has 0 saturated heterocycles. The van der Waals surface area contributed by atoms with E-state index in [1.807, 2.05) is 0 Å². The summed E-state index contributed by atoms with van der Waals surface area (Å²) in [4.78, 5) is 29.0. The summed E-state index contributed by atoms with van der Waals surface area (Å²) in [7, 11) is 0. The number of carbonyl (C=O) groups is 1. The number of halogens is 2. The van der Waals surface area contributed by atoms with Gasteiger partial charge in [-0.15, -0.1) is 11.3 Å². The van der Waals surface area contributed by atoms with Crippen LogP contribution >= 0.6 is 34.5 Å². The Hall–Kier alpha value is -1.89. The fourth-order valence-electron chi connectivity index (χ4n) is 1.77. The molecule has 5 nitrogen and oxygen atoms in total. The molecule has 21 heavy (non-hydrogen) atoms. The molecular weight excluding hydrogens is 333 g/mol. The van der Waals surface area contributed by atoms with Crippen LogP contribution in [-0.2, 0) is 0 Å². The summed E-state index contributed by atoms with van der Waals surface area (Å²) in [5, 5.41) is 4.82. The number of benzene rings is 1. The van der Waals surface area contributed by atoms with E-state index in [-0.39, 0.29) is 10.6 Å². The van der Waals surface area contributed by atoms with Crippen LogP contribution in [0, 0.1) is 0 Å². The van der Waals surface area contributed by atoms with E-state index >= 15 is 0 Å². The molecule has 0 aliphatic heterocycles. The van der Waals surface area contributed by atoms with Crippen molar-refractivity contribution in [3.63, 3.8) is 0 Å². The van der Waals surface area contributed by atoms with Gasteiger partial charge in [0.2, 0.25) is 0 Å². The largest absolute Gasteiger partial charge is 0.320 e. The van der Waals surface area contributed by atoms with Gasteiger partial charge in [0.25, 0.3) is 11.5 Å². The van der Waals surface area contributed by atoms with Crippen molar-refractivity contribution < 1.29 is 4.79 Å². The number of thiazole rings is 1. The Balaban J connectivity index is 1.99. The standard InChI is InChI=1S/C13H7Cl2N3O2S/c14-8-2-1-3-9(10(8)15)17-11(19)7-6-16-13-18(12(7)20)4-5-21-13/h1-6H,(H,17,19). The number of fused-ring (bicyclic) bond motifs is 1. The van der Waals surface area contributed by atoms with E-state index in [2.05, 4.69) is 10.3 Å². The number of anilines is 1. The fraction of sp³-hybridized carbons (Fsp3) is 0. The second-order valence-corrected chi connectivity index (χ2v) is 5.75. The van der Waals surface area contributed by atoms with E-state index in [9.17, 15) is 9.59 Å². The van der Waals surface area contributed by atoms with Crippen LogP contribution in [0.25, 0.3) is 4.96 Å². The molecule has 0 bridgehead atoms. The van der Waals surface area contributed by atoms with E-state index in [0.29, 0.717) is 15.7 Å². The number of carbonyl (C=O) groups excluding carboxylic acids is 1. The number of amides is 1. The van der Waals surface area contributed by atoms with Gasteiger partial charge in [-0.25, -0.2) is 4.98 Å². The third kappa shape index (κ3) is 2.53. The molecular formula is C13H7Cl2N3O2S. The van der Waals surface area contributed by atoms with Crippen LogP contribution in [0.15, 0.2) is 40.8 Å². The third-order valence-corrected chi connectivity index (χ3v) is 4.38. The van der Waals surface area contributed by atoms with Gasteiger partial charge in [0.05, 0.1) is 15.7 Å². The Morgan fingerprint density at radius 3 is 2.95 bits per heavy atom. The molecule has 0 aliphatic carbocycles. The minimum atomic E-state index is -0.586. The first-order valence-corrected chi connectivity index (χ1v) is 7.41. The lowest BCUT2D eigenvalue weighted by atomic mass is 10.2. The maximum atomic E-state index is 12.2. The van der Waals surface area contributed by atoms with Gasteiger partial charge in [0, 0.05) is 17.8 Å². The summed E-state index contributed by atoms with van der Waals surface area (Å²) in [6.07, 6.45) is 2.82. The monoisotopic (exact) mass is 339 g/mol. The first-order chi connectivity index (χ1) is 10.1. The number of nitrogens with one attached hydrogen (secondary N) is 1. The summed E-state index contributed by atoms with van der Waals surface area (Å²) in [5.41, 5.74) is -0.164. The van der Waals surface area contributed by atoms with Crippen molar-refractivity contribution in [1.82, 2.24) is 9.38 Å². The van der Waals surface area contributed by atoms with Crippen LogP contribution < -0.4 is 10.9 Å². The Morgan fingerprint density at radius 2 is 2.14 bits per heavy atom. The first kappa shape index (κ1) is 14.1. The van der Waals surface area contributed by atoms with E-state index in [1.165, 1.54) is 21.9 Å². The minimum Gasteiger partial charge on any atom is -0.320 e. The summed E-state index contributed by atoms with van der Waals surface area (Å²) in [6, 6.07) is 4.85. The molecule has 3 aromatic rings. The highest BCUT2D eigenvalue weighted by Crippen LogP contribution is 2.29. The zero-order valence-corrected chi connectivity index (χ0v) is 12.7. The van der Waals surface area contributed by atoms with Gasteiger partial charge in [0.1, 0.15) is 5.56 Å². The van der Waals surface area contributed by atoms with E-state index in [4.69, 9.17) is 23.2 Å². The van der Waals surface area contributed by atoms with Crippen LogP contribution in [0.2, 0.25) is 10.0 Å². The zero-order chi connectivity index (χ0) is 15.0. The number of rotatable bonds is 2. The average Bonchev–Trinajstić information content (AvgIpc) is 2.93. The lowest BCUT2D eigenvalue weighted by Gasteiger charge is -2.07. The predicted molar refractivity (Wildman–Crippen MR) is 83.8 cm³/mol. The maximum Gasteiger partial charge on any atom is 0.271 e. The van der Waals surface area contributed by atoms with E-state index < -0.39 is 11.5 Å². The van der Waals surface area contributed by atoms with E-state index in [1.54, 1.807) is 29.8 Å². The summed E-state index contributed by atoms with van der Waals surface area (Å²) in [5.74, 6) is -0.586. The second kappa shape index (κ2) is 5.48. The molecule has 0 saturated carbocycles. The fourth-order valence-corrected chi connectivity index (χ4v) is 2.79. The number of hydrogen-bond acceptors (Lipinski definition) is 4. The van der Waals surface area contributed by atoms with Gasteiger partial charge in [-0.1, -0.05) is 29.3 Å². The second-order valence-electron chi connectivity index (χ2n) is 4.09. The van der Waals surface area contributed by atoms with Crippen molar-refractivity contribution >= 4 is 51.1 Å². The number of nitrogens with zero attached hydrogens (tertiary/aromatic N) is 2. The van der Waals surface area contributed by atoms with Crippen molar-refractivity contribution in [2.24, 2.45) is 0 Å². The Bertz CT molecular complexity index is 904. The minimum absolute atomic E-state index is 0.0676. The molecule has 2 heterocycles. The van der Waals surface area contributed by atoms with E-state index in [0.717, 1.165) is 0 Å². The quantitative estimate of drug-likeness (QED) is 0.778. The molecule has 2 aromatic heterocycles. The first-order valence-electron chi connectivity index (χ1n) is 5.78.